The topological polar surface area (TPSA) is 17.1 Å². The quantitative estimate of drug-likeness (QED) is 0.444. The SMILES string of the molecule is C=CC(/C=C/C)C(=O)C(=C)C. The van der Waals surface area contributed by atoms with Crippen LogP contribution in [-0.2, 0) is 4.79 Å². The minimum absolute atomic E-state index is 0.0399. The summed E-state index contributed by atoms with van der Waals surface area (Å²) in [6, 6.07) is 0. The maximum absolute atomic E-state index is 11.2. The summed E-state index contributed by atoms with van der Waals surface area (Å²) in [4.78, 5) is 11.2. The normalized spacial score (nSPS) is 12.9. The molecule has 0 saturated heterocycles. The first kappa shape index (κ1) is 9.89. The van der Waals surface area contributed by atoms with E-state index in [1.807, 2.05) is 19.1 Å². The molecule has 11 heavy (non-hydrogen) atoms. The Bertz CT molecular complexity index is 199. The van der Waals surface area contributed by atoms with Crippen LogP contribution in [-0.4, -0.2) is 5.78 Å². The van der Waals surface area contributed by atoms with Gasteiger partial charge in [-0.05, 0) is 19.4 Å². The predicted octanol–water partition coefficient (Wildman–Crippen LogP) is 2.51. The molecule has 0 amide bonds. The molecule has 1 atom stereocenters. The van der Waals surface area contributed by atoms with Crippen molar-refractivity contribution in [3.05, 3.63) is 37.0 Å². The van der Waals surface area contributed by atoms with Gasteiger partial charge in [-0.3, -0.25) is 4.79 Å². The van der Waals surface area contributed by atoms with Crippen LogP contribution in [0.25, 0.3) is 0 Å². The van der Waals surface area contributed by atoms with Crippen molar-refractivity contribution in [3.63, 3.8) is 0 Å². The van der Waals surface area contributed by atoms with Crippen molar-refractivity contribution in [3.8, 4) is 0 Å². The van der Waals surface area contributed by atoms with Gasteiger partial charge in [-0.25, -0.2) is 0 Å². The first-order chi connectivity index (χ1) is 5.13. The first-order valence-electron chi connectivity index (χ1n) is 3.58. The Kier molecular flexibility index (Phi) is 4.20. The molecular weight excluding hydrogens is 136 g/mol. The summed E-state index contributed by atoms with van der Waals surface area (Å²) in [7, 11) is 0. The van der Waals surface area contributed by atoms with Gasteiger partial charge in [-0.2, -0.15) is 0 Å². The van der Waals surface area contributed by atoms with E-state index < -0.39 is 0 Å². The largest absolute Gasteiger partial charge is 0.294 e. The van der Waals surface area contributed by atoms with Crippen molar-refractivity contribution in [2.45, 2.75) is 13.8 Å². The number of carbonyl (C=O) groups excluding carboxylic acids is 1. The van der Waals surface area contributed by atoms with E-state index >= 15 is 0 Å². The van der Waals surface area contributed by atoms with E-state index in [0.717, 1.165) is 0 Å². The summed E-state index contributed by atoms with van der Waals surface area (Å²) in [5, 5.41) is 0. The van der Waals surface area contributed by atoms with Crippen LogP contribution in [0, 0.1) is 5.92 Å². The summed E-state index contributed by atoms with van der Waals surface area (Å²) in [5.74, 6) is -0.157. The minimum atomic E-state index is -0.197. The number of carbonyl (C=O) groups is 1. The zero-order valence-corrected chi connectivity index (χ0v) is 7.13. The second-order valence-corrected chi connectivity index (χ2v) is 2.43. The van der Waals surface area contributed by atoms with Gasteiger partial charge >= 0.3 is 0 Å². The van der Waals surface area contributed by atoms with E-state index in [-0.39, 0.29) is 11.7 Å². The fourth-order valence-electron chi connectivity index (χ4n) is 0.765. The van der Waals surface area contributed by atoms with Crippen LogP contribution in [0.3, 0.4) is 0 Å². The Balaban J connectivity index is 4.38. The summed E-state index contributed by atoms with van der Waals surface area (Å²) < 4.78 is 0. The van der Waals surface area contributed by atoms with Crippen molar-refractivity contribution >= 4 is 5.78 Å². The van der Waals surface area contributed by atoms with E-state index in [1.165, 1.54) is 0 Å². The molecule has 1 heteroatoms. The second-order valence-electron chi connectivity index (χ2n) is 2.43. The molecule has 1 unspecified atom stereocenters. The lowest BCUT2D eigenvalue weighted by Gasteiger charge is -2.04. The summed E-state index contributed by atoms with van der Waals surface area (Å²) in [5.41, 5.74) is 0.577. The molecule has 60 valence electrons. The van der Waals surface area contributed by atoms with Crippen LogP contribution < -0.4 is 0 Å². The number of ketones is 1. The monoisotopic (exact) mass is 150 g/mol. The fourth-order valence-corrected chi connectivity index (χ4v) is 0.765. The molecule has 0 rings (SSSR count). The van der Waals surface area contributed by atoms with E-state index in [4.69, 9.17) is 0 Å². The molecular formula is C10H14O. The predicted molar refractivity (Wildman–Crippen MR) is 48.3 cm³/mol. The molecule has 0 aromatic rings. The smallest absolute Gasteiger partial charge is 0.168 e. The molecule has 0 bridgehead atoms. The zero-order chi connectivity index (χ0) is 8.85. The van der Waals surface area contributed by atoms with Crippen LogP contribution in [0.4, 0.5) is 0 Å². The third-order valence-corrected chi connectivity index (χ3v) is 1.38. The van der Waals surface area contributed by atoms with Crippen molar-refractivity contribution in [1.82, 2.24) is 0 Å². The molecule has 0 heterocycles. The van der Waals surface area contributed by atoms with Gasteiger partial charge in [-0.15, -0.1) is 6.58 Å². The standard InChI is InChI=1S/C10H14O/c1-5-7-9(6-2)10(11)8(3)4/h5-7,9H,2-3H2,1,4H3/b7-5+. The third-order valence-electron chi connectivity index (χ3n) is 1.38. The lowest BCUT2D eigenvalue weighted by molar-refractivity contribution is -0.116. The van der Waals surface area contributed by atoms with Gasteiger partial charge in [0, 0.05) is 0 Å². The second kappa shape index (κ2) is 4.67. The van der Waals surface area contributed by atoms with Crippen LogP contribution >= 0.6 is 0 Å². The average molecular weight is 150 g/mol. The molecule has 0 radical (unpaired) electrons. The van der Waals surface area contributed by atoms with Crippen molar-refractivity contribution in [2.24, 2.45) is 5.92 Å². The van der Waals surface area contributed by atoms with Gasteiger partial charge in [0.05, 0.1) is 5.92 Å². The molecule has 0 saturated carbocycles. The molecule has 0 aromatic carbocycles. The molecule has 0 aliphatic rings. The molecule has 0 fully saturated rings. The summed E-state index contributed by atoms with van der Waals surface area (Å²) in [6.45, 7) is 10.7. The highest BCUT2D eigenvalue weighted by molar-refractivity contribution is 5.98. The van der Waals surface area contributed by atoms with E-state index in [9.17, 15) is 4.79 Å². The fraction of sp³-hybridized carbons (Fsp3) is 0.300. The lowest BCUT2D eigenvalue weighted by Crippen LogP contribution is -2.09. The van der Waals surface area contributed by atoms with Gasteiger partial charge in [0.1, 0.15) is 0 Å². The van der Waals surface area contributed by atoms with Gasteiger partial charge in [-0.1, -0.05) is 24.8 Å². The van der Waals surface area contributed by atoms with Crippen LogP contribution in [0.2, 0.25) is 0 Å². The van der Waals surface area contributed by atoms with Crippen LogP contribution in [0.15, 0.2) is 37.0 Å². The molecule has 0 spiro atoms. The maximum Gasteiger partial charge on any atom is 0.168 e. The molecule has 0 N–H and O–H groups in total. The average Bonchev–Trinajstić information content (AvgIpc) is 1.98. The molecule has 1 nitrogen and oxygen atoms in total. The number of Topliss-reactive ketones (excluding diaryl/α,β-unsaturated/α-hetero) is 1. The number of hydrogen-bond donors (Lipinski definition) is 0. The van der Waals surface area contributed by atoms with E-state index in [1.54, 1.807) is 13.0 Å². The lowest BCUT2D eigenvalue weighted by atomic mass is 9.99. The maximum atomic E-state index is 11.2. The van der Waals surface area contributed by atoms with Gasteiger partial charge in [0.2, 0.25) is 0 Å². The minimum Gasteiger partial charge on any atom is -0.294 e. The molecule has 0 aliphatic carbocycles. The number of hydrogen-bond acceptors (Lipinski definition) is 1. The Morgan fingerprint density at radius 1 is 1.55 bits per heavy atom. The van der Waals surface area contributed by atoms with Crippen molar-refractivity contribution in [1.29, 1.82) is 0 Å². The highest BCUT2D eigenvalue weighted by Crippen LogP contribution is 2.07. The van der Waals surface area contributed by atoms with Crippen molar-refractivity contribution in [2.75, 3.05) is 0 Å². The van der Waals surface area contributed by atoms with Crippen LogP contribution in [0.5, 0.6) is 0 Å². The van der Waals surface area contributed by atoms with Gasteiger partial charge in [0.25, 0.3) is 0 Å². The number of rotatable bonds is 4. The van der Waals surface area contributed by atoms with Crippen LogP contribution in [0.1, 0.15) is 13.8 Å². The summed E-state index contributed by atoms with van der Waals surface area (Å²) >= 11 is 0. The highest BCUT2D eigenvalue weighted by Gasteiger charge is 2.10. The third kappa shape index (κ3) is 2.99. The van der Waals surface area contributed by atoms with Gasteiger partial charge in [0.15, 0.2) is 5.78 Å². The molecule has 0 aromatic heterocycles. The summed E-state index contributed by atoms with van der Waals surface area (Å²) in [6.07, 6.45) is 5.27. The van der Waals surface area contributed by atoms with Crippen molar-refractivity contribution < 1.29 is 4.79 Å². The van der Waals surface area contributed by atoms with E-state index in [0.29, 0.717) is 5.57 Å². The Hall–Kier alpha value is -1.11. The zero-order valence-electron chi connectivity index (χ0n) is 7.13. The number of allylic oxidation sites excluding steroid dienone is 4. The Labute approximate surface area is 68.1 Å². The molecule has 0 aliphatic heterocycles. The Morgan fingerprint density at radius 2 is 2.09 bits per heavy atom. The highest BCUT2D eigenvalue weighted by atomic mass is 16.1. The van der Waals surface area contributed by atoms with Gasteiger partial charge < -0.3 is 0 Å². The first-order valence-corrected chi connectivity index (χ1v) is 3.58. The van der Waals surface area contributed by atoms with E-state index in [2.05, 4.69) is 13.2 Å². The Morgan fingerprint density at radius 3 is 2.36 bits per heavy atom.